The molecule has 1 heteroatoms. The molecule has 0 aromatic heterocycles. The normalized spacial score (nSPS) is 31.4. The van der Waals surface area contributed by atoms with Crippen molar-refractivity contribution in [2.24, 2.45) is 17.8 Å². The molecule has 2 fully saturated rings. The zero-order valence-electron chi connectivity index (χ0n) is 16.5. The van der Waals surface area contributed by atoms with Gasteiger partial charge < -0.3 is 4.74 Å². The Morgan fingerprint density at radius 2 is 1.62 bits per heavy atom. The van der Waals surface area contributed by atoms with Crippen LogP contribution in [0.2, 0.25) is 0 Å². The van der Waals surface area contributed by atoms with Gasteiger partial charge in [-0.2, -0.15) is 0 Å². The number of hydrogen-bond acceptors (Lipinski definition) is 1. The van der Waals surface area contributed by atoms with E-state index in [2.05, 4.69) is 19.9 Å². The van der Waals surface area contributed by atoms with Crippen LogP contribution in [0.3, 0.4) is 0 Å². The van der Waals surface area contributed by atoms with E-state index in [1.54, 1.807) is 0 Å². The van der Waals surface area contributed by atoms with Crippen molar-refractivity contribution in [3.05, 3.63) is 12.3 Å². The smallest absolute Gasteiger partial charge is 0.0981 e. The highest BCUT2D eigenvalue weighted by atomic mass is 16.5. The molecule has 24 heavy (non-hydrogen) atoms. The lowest BCUT2D eigenvalue weighted by Crippen LogP contribution is -2.29. The standard InChI is InChI=1S/C23H42O/c1-3-5-7-9-18-24-23-13-10-12-22(19-23)21-16-14-20(15-17-21)11-8-6-4-2/h9,18,20-23H,3-8,10-17,19H2,1-2H3/b18-9+. The van der Waals surface area contributed by atoms with Gasteiger partial charge in [0.2, 0.25) is 0 Å². The molecule has 2 aliphatic carbocycles. The molecule has 0 amide bonds. The van der Waals surface area contributed by atoms with Gasteiger partial charge in [-0.25, -0.2) is 0 Å². The summed E-state index contributed by atoms with van der Waals surface area (Å²) in [5.41, 5.74) is 0. The predicted molar refractivity (Wildman–Crippen MR) is 105 cm³/mol. The van der Waals surface area contributed by atoms with Crippen LogP contribution in [0, 0.1) is 17.8 Å². The zero-order chi connectivity index (χ0) is 17.0. The summed E-state index contributed by atoms with van der Waals surface area (Å²) in [7, 11) is 0. The van der Waals surface area contributed by atoms with Crippen LogP contribution < -0.4 is 0 Å². The van der Waals surface area contributed by atoms with Crippen LogP contribution in [-0.2, 0) is 4.74 Å². The summed E-state index contributed by atoms with van der Waals surface area (Å²) in [6.07, 6.45) is 25.7. The molecule has 0 heterocycles. The molecule has 0 radical (unpaired) electrons. The van der Waals surface area contributed by atoms with Crippen molar-refractivity contribution >= 4 is 0 Å². The summed E-state index contributed by atoms with van der Waals surface area (Å²) in [6, 6.07) is 0. The SMILES string of the molecule is CCCC/C=C/OC1CCCC(C2CCC(CCCCC)CC2)C1. The van der Waals surface area contributed by atoms with Crippen LogP contribution in [0.5, 0.6) is 0 Å². The van der Waals surface area contributed by atoms with Crippen LogP contribution in [0.15, 0.2) is 12.3 Å². The van der Waals surface area contributed by atoms with Crippen molar-refractivity contribution in [1.82, 2.24) is 0 Å². The average molecular weight is 335 g/mol. The van der Waals surface area contributed by atoms with E-state index in [1.165, 1.54) is 96.3 Å². The van der Waals surface area contributed by atoms with Crippen LogP contribution in [0.4, 0.5) is 0 Å². The van der Waals surface area contributed by atoms with E-state index in [4.69, 9.17) is 4.74 Å². The van der Waals surface area contributed by atoms with Crippen LogP contribution in [-0.4, -0.2) is 6.10 Å². The molecular formula is C23H42O. The predicted octanol–water partition coefficient (Wildman–Crippen LogP) is 7.65. The molecule has 0 aromatic rings. The Hall–Kier alpha value is -0.460. The lowest BCUT2D eigenvalue weighted by atomic mass is 9.70. The molecule has 0 spiro atoms. The second-order valence-electron chi connectivity index (χ2n) is 8.48. The second kappa shape index (κ2) is 12.0. The Labute approximate surface area is 151 Å². The monoisotopic (exact) mass is 334 g/mol. The molecule has 2 atom stereocenters. The van der Waals surface area contributed by atoms with Crippen molar-refractivity contribution in [2.75, 3.05) is 0 Å². The van der Waals surface area contributed by atoms with Gasteiger partial charge in [0.05, 0.1) is 12.4 Å². The summed E-state index contributed by atoms with van der Waals surface area (Å²) in [5, 5.41) is 0. The molecule has 0 N–H and O–H groups in total. The maximum atomic E-state index is 6.06. The minimum atomic E-state index is 0.504. The largest absolute Gasteiger partial charge is 0.498 e. The minimum Gasteiger partial charge on any atom is -0.498 e. The molecule has 2 unspecified atom stereocenters. The summed E-state index contributed by atoms with van der Waals surface area (Å²) >= 11 is 0. The van der Waals surface area contributed by atoms with Crippen molar-refractivity contribution < 1.29 is 4.74 Å². The van der Waals surface area contributed by atoms with Crippen molar-refractivity contribution in [3.8, 4) is 0 Å². The molecule has 0 bridgehead atoms. The van der Waals surface area contributed by atoms with Gasteiger partial charge in [0.15, 0.2) is 0 Å². The fourth-order valence-electron chi connectivity index (χ4n) is 4.92. The first-order chi connectivity index (χ1) is 11.8. The van der Waals surface area contributed by atoms with E-state index in [-0.39, 0.29) is 0 Å². The van der Waals surface area contributed by atoms with Crippen molar-refractivity contribution in [1.29, 1.82) is 0 Å². The second-order valence-corrected chi connectivity index (χ2v) is 8.48. The first-order valence-corrected chi connectivity index (χ1v) is 11.1. The Morgan fingerprint density at radius 3 is 2.38 bits per heavy atom. The number of ether oxygens (including phenoxy) is 1. The topological polar surface area (TPSA) is 9.23 Å². The third kappa shape index (κ3) is 7.19. The summed E-state index contributed by atoms with van der Waals surface area (Å²) in [6.45, 7) is 4.57. The Morgan fingerprint density at radius 1 is 0.833 bits per heavy atom. The van der Waals surface area contributed by atoms with Gasteiger partial charge in [-0.05, 0) is 75.2 Å². The lowest BCUT2D eigenvalue weighted by molar-refractivity contribution is 0.0510. The minimum absolute atomic E-state index is 0.504. The third-order valence-electron chi connectivity index (χ3n) is 6.53. The number of hydrogen-bond donors (Lipinski definition) is 0. The molecule has 2 saturated carbocycles. The summed E-state index contributed by atoms with van der Waals surface area (Å²) < 4.78 is 6.06. The number of rotatable bonds is 10. The van der Waals surface area contributed by atoms with E-state index in [0.29, 0.717) is 6.10 Å². The summed E-state index contributed by atoms with van der Waals surface area (Å²) in [5.74, 6) is 3.00. The van der Waals surface area contributed by atoms with E-state index < -0.39 is 0 Å². The Balaban J connectivity index is 1.64. The third-order valence-corrected chi connectivity index (χ3v) is 6.53. The van der Waals surface area contributed by atoms with E-state index in [0.717, 1.165) is 17.8 Å². The Kier molecular flexibility index (Phi) is 9.92. The fourth-order valence-corrected chi connectivity index (χ4v) is 4.92. The van der Waals surface area contributed by atoms with Gasteiger partial charge in [0.25, 0.3) is 0 Å². The highest BCUT2D eigenvalue weighted by Crippen LogP contribution is 2.41. The van der Waals surface area contributed by atoms with Crippen molar-refractivity contribution in [3.63, 3.8) is 0 Å². The highest BCUT2D eigenvalue weighted by Gasteiger charge is 2.31. The lowest BCUT2D eigenvalue weighted by Gasteiger charge is -2.38. The van der Waals surface area contributed by atoms with E-state index >= 15 is 0 Å². The maximum Gasteiger partial charge on any atom is 0.0981 e. The molecule has 2 rings (SSSR count). The van der Waals surface area contributed by atoms with Crippen LogP contribution in [0.25, 0.3) is 0 Å². The fraction of sp³-hybridized carbons (Fsp3) is 0.913. The highest BCUT2D eigenvalue weighted by molar-refractivity contribution is 4.84. The van der Waals surface area contributed by atoms with Crippen molar-refractivity contribution in [2.45, 2.75) is 116 Å². The number of unbranched alkanes of at least 4 members (excludes halogenated alkanes) is 4. The number of allylic oxidation sites excluding steroid dienone is 1. The molecule has 2 aliphatic rings. The first kappa shape index (κ1) is 19.9. The quantitative estimate of drug-likeness (QED) is 0.294. The van der Waals surface area contributed by atoms with Gasteiger partial charge in [-0.1, -0.05) is 58.8 Å². The average Bonchev–Trinajstić information content (AvgIpc) is 2.63. The summed E-state index contributed by atoms with van der Waals surface area (Å²) in [4.78, 5) is 0. The van der Waals surface area contributed by atoms with E-state index in [1.807, 2.05) is 6.26 Å². The molecule has 0 aromatic carbocycles. The Bertz CT molecular complexity index is 327. The van der Waals surface area contributed by atoms with Gasteiger partial charge in [0.1, 0.15) is 0 Å². The zero-order valence-corrected chi connectivity index (χ0v) is 16.5. The molecule has 0 saturated heterocycles. The van der Waals surface area contributed by atoms with Gasteiger partial charge >= 0.3 is 0 Å². The van der Waals surface area contributed by atoms with Gasteiger partial charge in [-0.15, -0.1) is 0 Å². The van der Waals surface area contributed by atoms with E-state index in [9.17, 15) is 0 Å². The molecule has 0 aliphatic heterocycles. The van der Waals surface area contributed by atoms with Gasteiger partial charge in [0, 0.05) is 0 Å². The molecule has 1 nitrogen and oxygen atoms in total. The van der Waals surface area contributed by atoms with Crippen LogP contribution >= 0.6 is 0 Å². The molecular weight excluding hydrogens is 292 g/mol. The van der Waals surface area contributed by atoms with Crippen LogP contribution in [0.1, 0.15) is 110 Å². The maximum absolute atomic E-state index is 6.06. The first-order valence-electron chi connectivity index (χ1n) is 11.1. The molecule has 140 valence electrons. The van der Waals surface area contributed by atoms with Gasteiger partial charge in [-0.3, -0.25) is 0 Å².